The van der Waals surface area contributed by atoms with E-state index in [9.17, 15) is 4.79 Å². The summed E-state index contributed by atoms with van der Waals surface area (Å²) in [7, 11) is 0. The van der Waals surface area contributed by atoms with Gasteiger partial charge in [0, 0.05) is 18.3 Å². The summed E-state index contributed by atoms with van der Waals surface area (Å²) >= 11 is 0. The number of hydrogen-bond donors (Lipinski definition) is 1. The van der Waals surface area contributed by atoms with Gasteiger partial charge in [0.05, 0.1) is 0 Å². The Morgan fingerprint density at radius 3 is 2.79 bits per heavy atom. The van der Waals surface area contributed by atoms with Crippen molar-refractivity contribution in [2.24, 2.45) is 11.7 Å². The molecule has 0 aromatic carbocycles. The molecule has 0 amide bonds. The van der Waals surface area contributed by atoms with Crippen molar-refractivity contribution in [1.82, 2.24) is 4.57 Å². The molecule has 0 aliphatic heterocycles. The van der Waals surface area contributed by atoms with Gasteiger partial charge in [-0.25, -0.2) is 0 Å². The number of aromatic nitrogens is 1. The molecule has 78 valence electrons. The highest BCUT2D eigenvalue weighted by Gasteiger charge is 2.03. The molecule has 0 bridgehead atoms. The molecule has 1 heterocycles. The van der Waals surface area contributed by atoms with Crippen molar-refractivity contribution < 1.29 is 0 Å². The van der Waals surface area contributed by atoms with Crippen LogP contribution >= 0.6 is 0 Å². The predicted molar refractivity (Wildman–Crippen MR) is 58.3 cm³/mol. The quantitative estimate of drug-likeness (QED) is 0.777. The molecule has 1 aromatic heterocycles. The van der Waals surface area contributed by atoms with Crippen LogP contribution in [0.4, 0.5) is 0 Å². The highest BCUT2D eigenvalue weighted by Crippen LogP contribution is 1.98. The Labute approximate surface area is 84.6 Å². The maximum atomic E-state index is 11.8. The van der Waals surface area contributed by atoms with Crippen LogP contribution in [0.25, 0.3) is 0 Å². The molecular formula is C11H18N2O. The topological polar surface area (TPSA) is 48.0 Å². The summed E-state index contributed by atoms with van der Waals surface area (Å²) in [5.74, 6) is 0.487. The lowest BCUT2D eigenvalue weighted by atomic mass is 10.2. The van der Waals surface area contributed by atoms with E-state index in [-0.39, 0.29) is 5.56 Å². The number of nitrogens with two attached hydrogens (primary N) is 1. The fraction of sp³-hybridized carbons (Fsp3) is 0.545. The van der Waals surface area contributed by atoms with Gasteiger partial charge in [0.1, 0.15) is 0 Å². The standard InChI is InChI=1S/C11H18N2O/c1-9(2)8-13-7-3-4-10(5-6-12)11(13)14/h3-4,7,9H,5-6,8,12H2,1-2H3. The maximum Gasteiger partial charge on any atom is 0.253 e. The highest BCUT2D eigenvalue weighted by atomic mass is 16.1. The van der Waals surface area contributed by atoms with E-state index in [1.165, 1.54) is 0 Å². The minimum atomic E-state index is 0.103. The Balaban J connectivity index is 2.95. The van der Waals surface area contributed by atoms with Gasteiger partial charge in [-0.3, -0.25) is 4.79 Å². The van der Waals surface area contributed by atoms with Crippen LogP contribution in [0.3, 0.4) is 0 Å². The fourth-order valence-electron chi connectivity index (χ4n) is 1.47. The van der Waals surface area contributed by atoms with Crippen LogP contribution in [0.15, 0.2) is 23.1 Å². The van der Waals surface area contributed by atoms with Gasteiger partial charge in [-0.2, -0.15) is 0 Å². The van der Waals surface area contributed by atoms with E-state index in [0.29, 0.717) is 18.9 Å². The molecule has 14 heavy (non-hydrogen) atoms. The third-order valence-electron chi connectivity index (χ3n) is 2.07. The van der Waals surface area contributed by atoms with Gasteiger partial charge in [0.25, 0.3) is 5.56 Å². The van der Waals surface area contributed by atoms with Crippen molar-refractivity contribution in [2.75, 3.05) is 6.54 Å². The Bertz CT molecular complexity index is 341. The zero-order valence-electron chi connectivity index (χ0n) is 8.86. The Morgan fingerprint density at radius 1 is 1.50 bits per heavy atom. The van der Waals surface area contributed by atoms with E-state index in [1.54, 1.807) is 4.57 Å². The molecule has 0 aliphatic carbocycles. The summed E-state index contributed by atoms with van der Waals surface area (Å²) in [6.07, 6.45) is 2.50. The van der Waals surface area contributed by atoms with E-state index >= 15 is 0 Å². The van der Waals surface area contributed by atoms with E-state index in [0.717, 1.165) is 12.1 Å². The summed E-state index contributed by atoms with van der Waals surface area (Å²) in [4.78, 5) is 11.8. The second-order valence-electron chi connectivity index (χ2n) is 3.92. The first-order valence-corrected chi connectivity index (χ1v) is 5.03. The molecule has 0 saturated heterocycles. The van der Waals surface area contributed by atoms with Gasteiger partial charge < -0.3 is 10.3 Å². The van der Waals surface area contributed by atoms with E-state index in [1.807, 2.05) is 18.3 Å². The van der Waals surface area contributed by atoms with Crippen LogP contribution in [0.5, 0.6) is 0 Å². The van der Waals surface area contributed by atoms with Crippen LogP contribution in [0.1, 0.15) is 19.4 Å². The van der Waals surface area contributed by atoms with Crippen molar-refractivity contribution in [2.45, 2.75) is 26.8 Å². The molecule has 0 atom stereocenters. The number of pyridine rings is 1. The summed E-state index contributed by atoms with van der Waals surface area (Å²) in [6, 6.07) is 3.76. The Kier molecular flexibility index (Phi) is 3.89. The SMILES string of the molecule is CC(C)Cn1cccc(CCN)c1=O. The van der Waals surface area contributed by atoms with E-state index < -0.39 is 0 Å². The molecule has 0 radical (unpaired) electrons. The fourth-order valence-corrected chi connectivity index (χ4v) is 1.47. The normalized spacial score (nSPS) is 10.9. The van der Waals surface area contributed by atoms with Gasteiger partial charge in [-0.05, 0) is 24.9 Å². The molecule has 0 unspecified atom stereocenters. The monoisotopic (exact) mass is 194 g/mol. The van der Waals surface area contributed by atoms with Crippen LogP contribution in [-0.4, -0.2) is 11.1 Å². The van der Waals surface area contributed by atoms with Crippen molar-refractivity contribution in [3.63, 3.8) is 0 Å². The molecule has 1 aromatic rings. The van der Waals surface area contributed by atoms with Gasteiger partial charge in [-0.15, -0.1) is 0 Å². The number of rotatable bonds is 4. The van der Waals surface area contributed by atoms with Crippen molar-refractivity contribution in [3.8, 4) is 0 Å². The second-order valence-corrected chi connectivity index (χ2v) is 3.92. The van der Waals surface area contributed by atoms with E-state index in [4.69, 9.17) is 5.73 Å². The predicted octanol–water partition coefficient (Wildman–Crippen LogP) is 1.01. The zero-order chi connectivity index (χ0) is 10.6. The van der Waals surface area contributed by atoms with Crippen LogP contribution in [-0.2, 0) is 13.0 Å². The van der Waals surface area contributed by atoms with Crippen molar-refractivity contribution in [3.05, 3.63) is 34.2 Å². The van der Waals surface area contributed by atoms with Crippen LogP contribution < -0.4 is 11.3 Å². The third kappa shape index (κ3) is 2.70. The average molecular weight is 194 g/mol. The third-order valence-corrected chi connectivity index (χ3v) is 2.07. The minimum absolute atomic E-state index is 0.103. The lowest BCUT2D eigenvalue weighted by molar-refractivity contribution is 0.508. The molecule has 0 saturated carbocycles. The molecular weight excluding hydrogens is 176 g/mol. The number of hydrogen-bond acceptors (Lipinski definition) is 2. The first-order valence-electron chi connectivity index (χ1n) is 5.03. The van der Waals surface area contributed by atoms with Gasteiger partial charge in [0.15, 0.2) is 0 Å². The summed E-state index contributed by atoms with van der Waals surface area (Å²) in [5.41, 5.74) is 6.35. The lowest BCUT2D eigenvalue weighted by Crippen LogP contribution is -2.26. The largest absolute Gasteiger partial charge is 0.330 e. The molecule has 0 spiro atoms. The van der Waals surface area contributed by atoms with Crippen molar-refractivity contribution in [1.29, 1.82) is 0 Å². The zero-order valence-corrected chi connectivity index (χ0v) is 8.86. The minimum Gasteiger partial charge on any atom is -0.330 e. The first-order chi connectivity index (χ1) is 6.65. The highest BCUT2D eigenvalue weighted by molar-refractivity contribution is 5.10. The maximum absolute atomic E-state index is 11.8. The van der Waals surface area contributed by atoms with Crippen LogP contribution in [0, 0.1) is 5.92 Å². The molecule has 2 N–H and O–H groups in total. The van der Waals surface area contributed by atoms with E-state index in [2.05, 4.69) is 13.8 Å². The molecule has 0 aliphatic rings. The molecule has 1 rings (SSSR count). The van der Waals surface area contributed by atoms with Gasteiger partial charge in [0.2, 0.25) is 0 Å². The Morgan fingerprint density at radius 2 is 2.21 bits per heavy atom. The smallest absolute Gasteiger partial charge is 0.253 e. The first kappa shape index (κ1) is 11.0. The van der Waals surface area contributed by atoms with Crippen molar-refractivity contribution >= 4 is 0 Å². The second kappa shape index (κ2) is 4.96. The molecule has 0 fully saturated rings. The number of nitrogens with zero attached hydrogens (tertiary/aromatic N) is 1. The summed E-state index contributed by atoms with van der Waals surface area (Å²) in [6.45, 7) is 5.50. The summed E-state index contributed by atoms with van der Waals surface area (Å²) < 4.78 is 1.76. The molecule has 3 nitrogen and oxygen atoms in total. The van der Waals surface area contributed by atoms with Gasteiger partial charge in [-0.1, -0.05) is 19.9 Å². The average Bonchev–Trinajstić information content (AvgIpc) is 2.11. The lowest BCUT2D eigenvalue weighted by Gasteiger charge is -2.09. The van der Waals surface area contributed by atoms with Gasteiger partial charge >= 0.3 is 0 Å². The van der Waals surface area contributed by atoms with Crippen LogP contribution in [0.2, 0.25) is 0 Å². The Hall–Kier alpha value is -1.09. The summed E-state index contributed by atoms with van der Waals surface area (Å²) in [5, 5.41) is 0. The molecule has 3 heteroatoms.